The highest BCUT2D eigenvalue weighted by Crippen LogP contribution is 2.32. The number of hydrogen-bond acceptors (Lipinski definition) is 5. The predicted molar refractivity (Wildman–Crippen MR) is 55.1 cm³/mol. The zero-order chi connectivity index (χ0) is 12.3. The van der Waals surface area contributed by atoms with Crippen LogP contribution in [-0.2, 0) is 9.53 Å². The first-order valence-corrected chi connectivity index (χ1v) is 5.07. The lowest BCUT2D eigenvalue weighted by molar-refractivity contribution is -0.404. The summed E-state index contributed by atoms with van der Waals surface area (Å²) < 4.78 is 4.84. The number of aliphatic hydroxyl groups is 1. The van der Waals surface area contributed by atoms with E-state index in [9.17, 15) is 20.0 Å². The summed E-state index contributed by atoms with van der Waals surface area (Å²) in [6, 6.07) is 0. The first-order chi connectivity index (χ1) is 7.35. The molecule has 6 heteroatoms. The SMILES string of the molecule is C/C(=C\[N+](=O)[O-])[C@](C)(O)[C@@H]1CCCOC1=O. The lowest BCUT2D eigenvalue weighted by Crippen LogP contribution is -2.44. The van der Waals surface area contributed by atoms with Crippen LogP contribution in [-0.4, -0.2) is 28.2 Å². The highest BCUT2D eigenvalue weighted by Gasteiger charge is 2.42. The molecule has 0 radical (unpaired) electrons. The van der Waals surface area contributed by atoms with Crippen LogP contribution in [0.2, 0.25) is 0 Å². The van der Waals surface area contributed by atoms with Gasteiger partial charge in [-0.3, -0.25) is 14.9 Å². The molecule has 16 heavy (non-hydrogen) atoms. The Balaban J connectivity index is 2.90. The van der Waals surface area contributed by atoms with Gasteiger partial charge in [-0.25, -0.2) is 0 Å². The molecule has 0 amide bonds. The van der Waals surface area contributed by atoms with Crippen LogP contribution >= 0.6 is 0 Å². The lowest BCUT2D eigenvalue weighted by atomic mass is 9.80. The van der Waals surface area contributed by atoms with Crippen LogP contribution in [0.25, 0.3) is 0 Å². The van der Waals surface area contributed by atoms with Gasteiger partial charge in [-0.15, -0.1) is 0 Å². The minimum Gasteiger partial charge on any atom is -0.465 e. The van der Waals surface area contributed by atoms with Gasteiger partial charge in [-0.2, -0.15) is 0 Å². The molecule has 0 unspecified atom stereocenters. The first-order valence-electron chi connectivity index (χ1n) is 5.07. The Hall–Kier alpha value is -1.43. The number of nitro groups is 1. The van der Waals surface area contributed by atoms with E-state index in [1.165, 1.54) is 13.8 Å². The van der Waals surface area contributed by atoms with Crippen molar-refractivity contribution in [2.75, 3.05) is 6.61 Å². The smallest absolute Gasteiger partial charge is 0.312 e. The third kappa shape index (κ3) is 2.57. The molecule has 1 fully saturated rings. The van der Waals surface area contributed by atoms with Gasteiger partial charge >= 0.3 is 5.97 Å². The number of carbonyl (C=O) groups excluding carboxylic acids is 1. The van der Waals surface area contributed by atoms with Crippen molar-refractivity contribution in [3.63, 3.8) is 0 Å². The summed E-state index contributed by atoms with van der Waals surface area (Å²) in [6.45, 7) is 3.19. The Labute approximate surface area is 93.1 Å². The van der Waals surface area contributed by atoms with Gasteiger partial charge < -0.3 is 9.84 Å². The minimum absolute atomic E-state index is 0.154. The monoisotopic (exact) mass is 229 g/mol. The number of nitrogens with zero attached hydrogens (tertiary/aromatic N) is 1. The molecule has 2 atom stereocenters. The molecule has 0 aromatic carbocycles. The average Bonchev–Trinajstić information content (AvgIpc) is 2.16. The van der Waals surface area contributed by atoms with Crippen molar-refractivity contribution in [1.82, 2.24) is 0 Å². The average molecular weight is 229 g/mol. The van der Waals surface area contributed by atoms with E-state index in [0.717, 1.165) is 6.20 Å². The summed E-state index contributed by atoms with van der Waals surface area (Å²) >= 11 is 0. The van der Waals surface area contributed by atoms with Gasteiger partial charge in [0.2, 0.25) is 6.20 Å². The largest absolute Gasteiger partial charge is 0.465 e. The standard InChI is InChI=1S/C10H15NO5/c1-7(6-11(14)15)10(2,13)8-4-3-5-16-9(8)12/h6,8,13H,3-5H2,1-2H3/b7-6+/t8-,10+/m1/s1. The van der Waals surface area contributed by atoms with Crippen molar-refractivity contribution in [3.8, 4) is 0 Å². The molecule has 0 aliphatic carbocycles. The number of rotatable bonds is 3. The second-order valence-electron chi connectivity index (χ2n) is 4.11. The van der Waals surface area contributed by atoms with Crippen molar-refractivity contribution in [2.45, 2.75) is 32.3 Å². The molecule has 1 N–H and O–H groups in total. The highest BCUT2D eigenvalue weighted by atomic mass is 16.6. The van der Waals surface area contributed by atoms with Crippen LogP contribution < -0.4 is 0 Å². The summed E-state index contributed by atoms with van der Waals surface area (Å²) in [5.41, 5.74) is -1.37. The quantitative estimate of drug-likeness (QED) is 0.440. The third-order valence-corrected chi connectivity index (χ3v) is 2.94. The van der Waals surface area contributed by atoms with Crippen LogP contribution in [0.3, 0.4) is 0 Å². The van der Waals surface area contributed by atoms with Crippen molar-refractivity contribution >= 4 is 5.97 Å². The fourth-order valence-corrected chi connectivity index (χ4v) is 1.75. The molecule has 1 aliphatic heterocycles. The summed E-state index contributed by atoms with van der Waals surface area (Å²) in [6.07, 6.45) is 1.87. The van der Waals surface area contributed by atoms with Crippen LogP contribution in [0.5, 0.6) is 0 Å². The van der Waals surface area contributed by atoms with Gasteiger partial charge in [-0.1, -0.05) is 0 Å². The molecule has 1 heterocycles. The maximum absolute atomic E-state index is 11.5. The maximum atomic E-state index is 11.5. The molecular formula is C10H15NO5. The molecule has 0 aromatic heterocycles. The van der Waals surface area contributed by atoms with Gasteiger partial charge in [0, 0.05) is 5.57 Å². The Kier molecular flexibility index (Phi) is 3.64. The molecule has 0 aromatic rings. The molecule has 0 saturated carbocycles. The second kappa shape index (κ2) is 4.61. The maximum Gasteiger partial charge on any atom is 0.312 e. The minimum atomic E-state index is -1.52. The number of cyclic esters (lactones) is 1. The molecule has 1 aliphatic rings. The van der Waals surface area contributed by atoms with Crippen LogP contribution in [0.1, 0.15) is 26.7 Å². The highest BCUT2D eigenvalue weighted by molar-refractivity contribution is 5.75. The van der Waals surface area contributed by atoms with Crippen molar-refractivity contribution in [3.05, 3.63) is 21.9 Å². The fraction of sp³-hybridized carbons (Fsp3) is 0.700. The van der Waals surface area contributed by atoms with Crippen LogP contribution in [0, 0.1) is 16.0 Å². The van der Waals surface area contributed by atoms with E-state index in [0.29, 0.717) is 19.4 Å². The van der Waals surface area contributed by atoms with E-state index in [1.54, 1.807) is 0 Å². The van der Waals surface area contributed by atoms with Gasteiger partial charge in [0.1, 0.15) is 5.60 Å². The Morgan fingerprint density at radius 3 is 2.88 bits per heavy atom. The van der Waals surface area contributed by atoms with E-state index in [-0.39, 0.29) is 5.57 Å². The zero-order valence-electron chi connectivity index (χ0n) is 9.30. The Morgan fingerprint density at radius 2 is 2.38 bits per heavy atom. The van der Waals surface area contributed by atoms with E-state index in [1.807, 2.05) is 0 Å². The van der Waals surface area contributed by atoms with Crippen LogP contribution in [0.15, 0.2) is 11.8 Å². The molecular weight excluding hydrogens is 214 g/mol. The molecule has 1 rings (SSSR count). The molecule has 0 spiro atoms. The van der Waals surface area contributed by atoms with Crippen molar-refractivity contribution in [2.24, 2.45) is 5.92 Å². The van der Waals surface area contributed by atoms with Crippen LogP contribution in [0.4, 0.5) is 0 Å². The lowest BCUT2D eigenvalue weighted by Gasteiger charge is -2.33. The second-order valence-corrected chi connectivity index (χ2v) is 4.11. The van der Waals surface area contributed by atoms with Gasteiger partial charge in [0.05, 0.1) is 17.4 Å². The van der Waals surface area contributed by atoms with E-state index < -0.39 is 22.4 Å². The molecule has 0 bridgehead atoms. The number of ether oxygens (including phenoxy) is 1. The Morgan fingerprint density at radius 1 is 1.75 bits per heavy atom. The normalized spacial score (nSPS) is 25.8. The number of carbonyl (C=O) groups is 1. The van der Waals surface area contributed by atoms with E-state index in [2.05, 4.69) is 0 Å². The molecule has 6 nitrogen and oxygen atoms in total. The van der Waals surface area contributed by atoms with Crippen molar-refractivity contribution in [1.29, 1.82) is 0 Å². The number of esters is 1. The summed E-state index contributed by atoms with van der Waals surface area (Å²) in [5, 5.41) is 20.5. The summed E-state index contributed by atoms with van der Waals surface area (Å²) in [4.78, 5) is 21.1. The predicted octanol–water partition coefficient (Wildman–Crippen LogP) is 0.871. The van der Waals surface area contributed by atoms with E-state index in [4.69, 9.17) is 4.74 Å². The van der Waals surface area contributed by atoms with E-state index >= 15 is 0 Å². The topological polar surface area (TPSA) is 89.7 Å². The third-order valence-electron chi connectivity index (χ3n) is 2.94. The van der Waals surface area contributed by atoms with Gasteiger partial charge in [0.15, 0.2) is 0 Å². The van der Waals surface area contributed by atoms with Gasteiger partial charge in [0.25, 0.3) is 0 Å². The Bertz CT molecular complexity index is 334. The van der Waals surface area contributed by atoms with Gasteiger partial charge in [-0.05, 0) is 26.7 Å². The van der Waals surface area contributed by atoms with Crippen molar-refractivity contribution < 1.29 is 19.6 Å². The molecule has 90 valence electrons. The summed E-state index contributed by atoms with van der Waals surface area (Å²) in [7, 11) is 0. The molecule has 1 saturated heterocycles. The zero-order valence-corrected chi connectivity index (χ0v) is 9.30. The number of hydrogen-bond donors (Lipinski definition) is 1. The fourth-order valence-electron chi connectivity index (χ4n) is 1.75. The first kappa shape index (κ1) is 12.6. The summed E-state index contributed by atoms with van der Waals surface area (Å²) in [5.74, 6) is -1.22.